The molecule has 0 bridgehead atoms. The van der Waals surface area contributed by atoms with Gasteiger partial charge in [0.15, 0.2) is 0 Å². The molecule has 0 aromatic heterocycles. The maximum Gasteiger partial charge on any atom is 0.256 e. The molecule has 1 N–H and O–H groups in total. The van der Waals surface area contributed by atoms with Gasteiger partial charge in [-0.2, -0.15) is 0 Å². The molecule has 1 aromatic rings. The van der Waals surface area contributed by atoms with Gasteiger partial charge in [0, 0.05) is 31.9 Å². The molecule has 0 atom stereocenters. The van der Waals surface area contributed by atoms with E-state index in [1.165, 1.54) is 0 Å². The lowest BCUT2D eigenvalue weighted by Gasteiger charge is -2.35. The highest BCUT2D eigenvalue weighted by Crippen LogP contribution is 2.31. The van der Waals surface area contributed by atoms with Gasteiger partial charge in [0.25, 0.3) is 5.91 Å². The maximum absolute atomic E-state index is 13.4. The van der Waals surface area contributed by atoms with E-state index in [2.05, 4.69) is 44.8 Å². The van der Waals surface area contributed by atoms with E-state index in [1.807, 2.05) is 24.3 Å². The Hall–Kier alpha value is -1.63. The third-order valence-electron chi connectivity index (χ3n) is 5.36. The maximum atomic E-state index is 13.4. The van der Waals surface area contributed by atoms with Crippen LogP contribution in [0.25, 0.3) is 0 Å². The van der Waals surface area contributed by atoms with E-state index in [1.54, 1.807) is 0 Å². The van der Waals surface area contributed by atoms with Gasteiger partial charge in [0.05, 0.1) is 13.2 Å². The van der Waals surface area contributed by atoms with Crippen LogP contribution in [-0.2, 0) is 14.3 Å². The van der Waals surface area contributed by atoms with Gasteiger partial charge in [0.2, 0.25) is 0 Å². The third-order valence-corrected chi connectivity index (χ3v) is 5.36. The fraction of sp³-hybridized carbons (Fsp3) is 0.720. The number of nitrogens with zero attached hydrogens (tertiary/aromatic N) is 1. The molecule has 1 aromatic carbocycles. The Morgan fingerprint density at radius 3 is 2.23 bits per heavy atom. The first-order chi connectivity index (χ1) is 14.8. The summed E-state index contributed by atoms with van der Waals surface area (Å²) in [4.78, 5) is 15.7. The zero-order chi connectivity index (χ0) is 22.7. The molecule has 0 spiro atoms. The van der Waals surface area contributed by atoms with E-state index in [-0.39, 0.29) is 5.91 Å². The number of benzene rings is 1. The highest BCUT2D eigenvalue weighted by atomic mass is 16.5. The molecule has 0 radical (unpaired) electrons. The molecular formula is C25H42N2O4. The van der Waals surface area contributed by atoms with Crippen molar-refractivity contribution in [3.8, 4) is 5.75 Å². The van der Waals surface area contributed by atoms with Gasteiger partial charge in [-0.15, -0.1) is 0 Å². The predicted octanol–water partition coefficient (Wildman–Crippen LogP) is 4.59. The number of hydrogen-bond donors (Lipinski definition) is 1. The fourth-order valence-electron chi connectivity index (χ4n) is 4.07. The zero-order valence-corrected chi connectivity index (χ0v) is 20.1. The molecule has 1 aliphatic heterocycles. The molecule has 0 unspecified atom stereocenters. The first-order valence-electron chi connectivity index (χ1n) is 11.8. The SMILES string of the molecule is CCCOC(CC(C)C)(CC(C)C)C(=O)Nc1ccc(OCCN2CCOCC2)cc1. The van der Waals surface area contributed by atoms with Crippen LogP contribution in [0.5, 0.6) is 5.75 Å². The Morgan fingerprint density at radius 2 is 1.68 bits per heavy atom. The second-order valence-corrected chi connectivity index (χ2v) is 9.32. The Labute approximate surface area is 188 Å². The van der Waals surface area contributed by atoms with Gasteiger partial charge in [0.1, 0.15) is 18.0 Å². The number of ether oxygens (including phenoxy) is 3. The molecule has 1 saturated heterocycles. The van der Waals surface area contributed by atoms with Crippen molar-refractivity contribution in [2.75, 3.05) is 51.4 Å². The predicted molar refractivity (Wildman–Crippen MR) is 126 cm³/mol. The molecule has 6 heteroatoms. The first-order valence-corrected chi connectivity index (χ1v) is 11.8. The lowest BCUT2D eigenvalue weighted by molar-refractivity contribution is -0.147. The second kappa shape index (κ2) is 13.0. The van der Waals surface area contributed by atoms with Crippen LogP contribution in [0.4, 0.5) is 5.69 Å². The number of hydrogen-bond acceptors (Lipinski definition) is 5. The van der Waals surface area contributed by atoms with Gasteiger partial charge in [-0.05, 0) is 55.4 Å². The fourth-order valence-corrected chi connectivity index (χ4v) is 4.07. The minimum atomic E-state index is -0.800. The number of nitrogens with one attached hydrogen (secondary N) is 1. The number of morpholine rings is 1. The monoisotopic (exact) mass is 434 g/mol. The van der Waals surface area contributed by atoms with E-state index >= 15 is 0 Å². The lowest BCUT2D eigenvalue weighted by Crippen LogP contribution is -2.47. The quantitative estimate of drug-likeness (QED) is 0.492. The molecule has 1 aliphatic rings. The number of rotatable bonds is 13. The van der Waals surface area contributed by atoms with Crippen molar-refractivity contribution < 1.29 is 19.0 Å². The lowest BCUT2D eigenvalue weighted by atomic mass is 9.83. The molecule has 2 rings (SSSR count). The summed E-state index contributed by atoms with van der Waals surface area (Å²) in [7, 11) is 0. The van der Waals surface area contributed by atoms with Crippen molar-refractivity contribution in [1.29, 1.82) is 0 Å². The highest BCUT2D eigenvalue weighted by Gasteiger charge is 2.40. The van der Waals surface area contributed by atoms with Crippen LogP contribution in [0.15, 0.2) is 24.3 Å². The van der Waals surface area contributed by atoms with E-state index in [0.717, 1.165) is 50.7 Å². The van der Waals surface area contributed by atoms with E-state index in [9.17, 15) is 4.79 Å². The number of amides is 1. The Balaban J connectivity index is 1.96. The van der Waals surface area contributed by atoms with Crippen LogP contribution in [0.1, 0.15) is 53.9 Å². The molecule has 1 heterocycles. The number of carbonyl (C=O) groups excluding carboxylic acids is 1. The Bertz CT molecular complexity index is 629. The van der Waals surface area contributed by atoms with Crippen molar-refractivity contribution in [2.45, 2.75) is 59.5 Å². The average molecular weight is 435 g/mol. The molecule has 176 valence electrons. The van der Waals surface area contributed by atoms with Crippen LogP contribution < -0.4 is 10.1 Å². The van der Waals surface area contributed by atoms with Crippen LogP contribution in [-0.4, -0.2) is 62.5 Å². The summed E-state index contributed by atoms with van der Waals surface area (Å²) in [6.45, 7) is 16.3. The molecule has 6 nitrogen and oxygen atoms in total. The molecule has 31 heavy (non-hydrogen) atoms. The zero-order valence-electron chi connectivity index (χ0n) is 20.1. The van der Waals surface area contributed by atoms with Crippen LogP contribution >= 0.6 is 0 Å². The van der Waals surface area contributed by atoms with Crippen molar-refractivity contribution in [3.63, 3.8) is 0 Å². The second-order valence-electron chi connectivity index (χ2n) is 9.32. The first kappa shape index (κ1) is 25.6. The number of carbonyl (C=O) groups is 1. The van der Waals surface area contributed by atoms with Crippen LogP contribution in [0.2, 0.25) is 0 Å². The summed E-state index contributed by atoms with van der Waals surface area (Å²) < 4.78 is 17.5. The van der Waals surface area contributed by atoms with Crippen molar-refractivity contribution in [2.24, 2.45) is 11.8 Å². The third kappa shape index (κ3) is 8.79. The Kier molecular flexibility index (Phi) is 10.8. The summed E-state index contributed by atoms with van der Waals surface area (Å²) in [6, 6.07) is 7.62. The van der Waals surface area contributed by atoms with E-state index in [0.29, 0.717) is 37.9 Å². The minimum Gasteiger partial charge on any atom is -0.492 e. The molecule has 0 saturated carbocycles. The van der Waals surface area contributed by atoms with E-state index < -0.39 is 5.60 Å². The van der Waals surface area contributed by atoms with Crippen molar-refractivity contribution in [1.82, 2.24) is 4.90 Å². The van der Waals surface area contributed by atoms with Gasteiger partial charge < -0.3 is 19.5 Å². The van der Waals surface area contributed by atoms with Gasteiger partial charge >= 0.3 is 0 Å². The summed E-state index contributed by atoms with van der Waals surface area (Å²) in [6.07, 6.45) is 2.31. The van der Waals surface area contributed by atoms with Gasteiger partial charge in [-0.3, -0.25) is 9.69 Å². The molecule has 1 amide bonds. The summed E-state index contributed by atoms with van der Waals surface area (Å²) in [5.74, 6) is 1.49. The highest BCUT2D eigenvalue weighted by molar-refractivity contribution is 5.97. The van der Waals surface area contributed by atoms with Crippen LogP contribution in [0.3, 0.4) is 0 Å². The van der Waals surface area contributed by atoms with E-state index in [4.69, 9.17) is 14.2 Å². The van der Waals surface area contributed by atoms with Gasteiger partial charge in [-0.25, -0.2) is 0 Å². The topological polar surface area (TPSA) is 60.0 Å². The Morgan fingerprint density at radius 1 is 1.06 bits per heavy atom. The summed E-state index contributed by atoms with van der Waals surface area (Å²) in [5.41, 5.74) is -0.0337. The normalized spacial score (nSPS) is 15.5. The van der Waals surface area contributed by atoms with Gasteiger partial charge in [-0.1, -0.05) is 34.6 Å². The molecule has 1 fully saturated rings. The minimum absolute atomic E-state index is 0.0515. The van der Waals surface area contributed by atoms with Crippen molar-refractivity contribution >= 4 is 11.6 Å². The molecular weight excluding hydrogens is 392 g/mol. The average Bonchev–Trinajstić information content (AvgIpc) is 2.73. The largest absolute Gasteiger partial charge is 0.492 e. The standard InChI is InChI=1S/C25H42N2O4/c1-6-14-31-25(18-20(2)3,19-21(4)5)24(28)26-22-7-9-23(10-8-22)30-17-13-27-11-15-29-16-12-27/h7-10,20-21H,6,11-19H2,1-5H3,(H,26,28). The summed E-state index contributed by atoms with van der Waals surface area (Å²) >= 11 is 0. The van der Waals surface area contributed by atoms with Crippen molar-refractivity contribution in [3.05, 3.63) is 24.3 Å². The van der Waals surface area contributed by atoms with Crippen LogP contribution in [0, 0.1) is 11.8 Å². The summed E-state index contributed by atoms with van der Waals surface area (Å²) in [5, 5.41) is 3.10. The number of anilines is 1. The smallest absolute Gasteiger partial charge is 0.256 e. The molecule has 0 aliphatic carbocycles.